The maximum Gasteiger partial charge on any atom is 0.237 e. The topological polar surface area (TPSA) is 78.4 Å². The molecule has 1 N–H and O–H groups in total. The molecule has 0 aromatic heterocycles. The van der Waals surface area contributed by atoms with E-state index in [1.54, 1.807) is 12.1 Å². The molecule has 1 saturated heterocycles. The van der Waals surface area contributed by atoms with Gasteiger partial charge in [-0.25, -0.2) is 0 Å². The van der Waals surface area contributed by atoms with E-state index in [0.717, 1.165) is 31.9 Å². The molecular weight excluding hydrogens is 252 g/mol. The average Bonchev–Trinajstić information content (AvgIpc) is 2.50. The summed E-state index contributed by atoms with van der Waals surface area (Å²) in [5, 5.41) is 20.9. The lowest BCUT2D eigenvalue weighted by atomic mass is 10.2. The number of nitrogens with zero attached hydrogens (tertiary/aromatic N) is 5. The van der Waals surface area contributed by atoms with Gasteiger partial charge in [-0.3, -0.25) is 5.43 Å². The highest BCUT2D eigenvalue weighted by atomic mass is 15.3. The Morgan fingerprint density at radius 3 is 2.25 bits per heavy atom. The van der Waals surface area contributed by atoms with Crippen LogP contribution in [0.3, 0.4) is 0 Å². The van der Waals surface area contributed by atoms with Gasteiger partial charge in [0, 0.05) is 31.9 Å². The van der Waals surface area contributed by atoms with Gasteiger partial charge in [-0.2, -0.15) is 15.6 Å². The minimum Gasteiger partial charge on any atom is -0.369 e. The van der Waals surface area contributed by atoms with Crippen molar-refractivity contribution in [3.8, 4) is 12.1 Å². The molecular formula is C14H16N6. The van der Waals surface area contributed by atoms with Gasteiger partial charge in [-0.05, 0) is 31.3 Å². The lowest BCUT2D eigenvalue weighted by Gasteiger charge is -2.34. The molecule has 6 nitrogen and oxygen atoms in total. The molecule has 1 fully saturated rings. The van der Waals surface area contributed by atoms with Crippen molar-refractivity contribution in [3.63, 3.8) is 0 Å². The number of nitrogens with one attached hydrogen (secondary N) is 1. The van der Waals surface area contributed by atoms with Crippen LogP contribution in [-0.2, 0) is 0 Å². The Labute approximate surface area is 118 Å². The number of rotatable bonds is 3. The zero-order chi connectivity index (χ0) is 14.4. The van der Waals surface area contributed by atoms with Crippen LogP contribution in [0.4, 0.5) is 11.4 Å². The molecule has 2 rings (SSSR count). The summed E-state index contributed by atoms with van der Waals surface area (Å²) in [6, 6.07) is 11.2. The van der Waals surface area contributed by atoms with Crippen molar-refractivity contribution in [2.45, 2.75) is 0 Å². The van der Waals surface area contributed by atoms with Crippen molar-refractivity contribution in [2.24, 2.45) is 5.10 Å². The van der Waals surface area contributed by atoms with E-state index in [4.69, 9.17) is 10.5 Å². The molecule has 6 heteroatoms. The number of nitriles is 2. The number of benzene rings is 1. The van der Waals surface area contributed by atoms with E-state index in [1.165, 1.54) is 5.69 Å². The SMILES string of the molecule is CN1CCN(c2ccc(NN=C(C#N)C#N)cc2)CC1. The van der Waals surface area contributed by atoms with E-state index in [9.17, 15) is 0 Å². The zero-order valence-electron chi connectivity index (χ0n) is 11.4. The van der Waals surface area contributed by atoms with Crippen LogP contribution < -0.4 is 10.3 Å². The highest BCUT2D eigenvalue weighted by Gasteiger charge is 2.13. The molecule has 0 aliphatic carbocycles. The number of hydrazone groups is 1. The second-order valence-corrected chi connectivity index (χ2v) is 4.63. The smallest absolute Gasteiger partial charge is 0.237 e. The first-order chi connectivity index (χ1) is 9.72. The maximum atomic E-state index is 8.59. The Bertz CT molecular complexity index is 539. The molecule has 102 valence electrons. The maximum absolute atomic E-state index is 8.59. The van der Waals surface area contributed by atoms with Gasteiger partial charge in [0.2, 0.25) is 5.71 Å². The Morgan fingerprint density at radius 2 is 1.70 bits per heavy atom. The fourth-order valence-electron chi connectivity index (χ4n) is 2.01. The third-order valence-electron chi connectivity index (χ3n) is 3.24. The summed E-state index contributed by atoms with van der Waals surface area (Å²) in [6.45, 7) is 4.18. The summed E-state index contributed by atoms with van der Waals surface area (Å²) in [4.78, 5) is 4.65. The van der Waals surface area contributed by atoms with E-state index in [0.29, 0.717) is 0 Å². The quantitative estimate of drug-likeness (QED) is 0.659. The fraction of sp³-hybridized carbons (Fsp3) is 0.357. The summed E-state index contributed by atoms with van der Waals surface area (Å²) in [5.41, 5.74) is 4.44. The normalized spacial score (nSPS) is 15.1. The first-order valence-electron chi connectivity index (χ1n) is 6.40. The second-order valence-electron chi connectivity index (χ2n) is 4.63. The van der Waals surface area contributed by atoms with Crippen molar-refractivity contribution < 1.29 is 0 Å². The molecule has 1 aliphatic rings. The van der Waals surface area contributed by atoms with Gasteiger partial charge in [-0.15, -0.1) is 0 Å². The van der Waals surface area contributed by atoms with E-state index in [-0.39, 0.29) is 5.71 Å². The number of hydrogen-bond donors (Lipinski definition) is 1. The van der Waals surface area contributed by atoms with Gasteiger partial charge in [0.05, 0.1) is 5.69 Å². The van der Waals surface area contributed by atoms with Crippen LogP contribution in [0.15, 0.2) is 29.4 Å². The Morgan fingerprint density at radius 1 is 1.10 bits per heavy atom. The van der Waals surface area contributed by atoms with Crippen LogP contribution >= 0.6 is 0 Å². The first kappa shape index (κ1) is 13.9. The molecule has 0 saturated carbocycles. The minimum atomic E-state index is -0.187. The van der Waals surface area contributed by atoms with Crippen LogP contribution in [0.1, 0.15) is 0 Å². The average molecular weight is 268 g/mol. The molecule has 1 aromatic carbocycles. The van der Waals surface area contributed by atoms with Crippen molar-refractivity contribution in [1.29, 1.82) is 10.5 Å². The molecule has 0 radical (unpaired) electrons. The third-order valence-corrected chi connectivity index (χ3v) is 3.24. The second kappa shape index (κ2) is 6.55. The monoisotopic (exact) mass is 268 g/mol. The number of hydrogen-bond acceptors (Lipinski definition) is 6. The lowest BCUT2D eigenvalue weighted by Crippen LogP contribution is -2.44. The number of likely N-dealkylation sites (N-methyl/N-ethyl adjacent to an activating group) is 1. The van der Waals surface area contributed by atoms with E-state index < -0.39 is 0 Å². The van der Waals surface area contributed by atoms with Crippen LogP contribution in [0.5, 0.6) is 0 Å². The van der Waals surface area contributed by atoms with E-state index in [1.807, 2.05) is 24.3 Å². The molecule has 0 spiro atoms. The van der Waals surface area contributed by atoms with E-state index >= 15 is 0 Å². The van der Waals surface area contributed by atoms with Gasteiger partial charge in [0.25, 0.3) is 0 Å². The van der Waals surface area contributed by atoms with Gasteiger partial charge < -0.3 is 9.80 Å². The van der Waals surface area contributed by atoms with Gasteiger partial charge in [-0.1, -0.05) is 0 Å². The summed E-state index contributed by atoms with van der Waals surface area (Å²) >= 11 is 0. The Hall–Kier alpha value is -2.57. The van der Waals surface area contributed by atoms with Gasteiger partial charge in [0.1, 0.15) is 12.1 Å². The first-order valence-corrected chi connectivity index (χ1v) is 6.40. The molecule has 0 bridgehead atoms. The number of piperazine rings is 1. The fourth-order valence-corrected chi connectivity index (χ4v) is 2.01. The summed E-state index contributed by atoms with van der Waals surface area (Å²) in [7, 11) is 2.13. The van der Waals surface area contributed by atoms with E-state index in [2.05, 4.69) is 27.4 Å². The Balaban J connectivity index is 1.99. The summed E-state index contributed by atoms with van der Waals surface area (Å²) in [5.74, 6) is 0. The van der Waals surface area contributed by atoms with Crippen molar-refractivity contribution in [2.75, 3.05) is 43.6 Å². The molecule has 1 aromatic rings. The number of anilines is 2. The molecule has 0 amide bonds. The van der Waals surface area contributed by atoms with Crippen LogP contribution in [-0.4, -0.2) is 43.8 Å². The third kappa shape index (κ3) is 3.47. The predicted molar refractivity (Wildman–Crippen MR) is 78.4 cm³/mol. The van der Waals surface area contributed by atoms with Gasteiger partial charge >= 0.3 is 0 Å². The van der Waals surface area contributed by atoms with Gasteiger partial charge in [0.15, 0.2) is 0 Å². The minimum absolute atomic E-state index is 0.187. The summed E-state index contributed by atoms with van der Waals surface area (Å²) < 4.78 is 0. The van der Waals surface area contributed by atoms with Crippen molar-refractivity contribution in [3.05, 3.63) is 24.3 Å². The molecule has 20 heavy (non-hydrogen) atoms. The molecule has 0 unspecified atom stereocenters. The largest absolute Gasteiger partial charge is 0.369 e. The molecule has 1 aliphatic heterocycles. The molecule has 1 heterocycles. The lowest BCUT2D eigenvalue weighted by molar-refractivity contribution is 0.313. The zero-order valence-corrected chi connectivity index (χ0v) is 11.4. The highest BCUT2D eigenvalue weighted by molar-refractivity contribution is 6.10. The Kier molecular flexibility index (Phi) is 4.54. The highest BCUT2D eigenvalue weighted by Crippen LogP contribution is 2.19. The van der Waals surface area contributed by atoms with Crippen molar-refractivity contribution in [1.82, 2.24) is 4.90 Å². The van der Waals surface area contributed by atoms with Crippen molar-refractivity contribution >= 4 is 17.1 Å². The standard InChI is InChI=1S/C14H16N6/c1-19-6-8-20(9-7-19)14-4-2-12(3-5-14)17-18-13(10-15)11-16/h2-5,17H,6-9H2,1H3. The van der Waals surface area contributed by atoms with Crippen LogP contribution in [0, 0.1) is 22.7 Å². The molecule has 0 atom stereocenters. The predicted octanol–water partition coefficient (Wildman–Crippen LogP) is 1.25. The van der Waals surface area contributed by atoms with Crippen LogP contribution in [0.25, 0.3) is 0 Å². The van der Waals surface area contributed by atoms with Crippen LogP contribution in [0.2, 0.25) is 0 Å². The summed E-state index contributed by atoms with van der Waals surface area (Å²) in [6.07, 6.45) is 0.